The van der Waals surface area contributed by atoms with E-state index in [9.17, 15) is 28.0 Å². The van der Waals surface area contributed by atoms with Crippen molar-refractivity contribution >= 4 is 46.2 Å². The van der Waals surface area contributed by atoms with E-state index in [-0.39, 0.29) is 108 Å². The second-order valence-corrected chi connectivity index (χ2v) is 19.1. The first-order valence-electron chi connectivity index (χ1n) is 25.5. The lowest BCUT2D eigenvalue weighted by molar-refractivity contribution is -0.143. The maximum Gasteiger partial charge on any atom is 0.306 e. The molecule has 0 aliphatic heterocycles. The molecule has 0 amide bonds. The highest BCUT2D eigenvalue weighted by Crippen LogP contribution is 2.42. The molecule has 78 heavy (non-hydrogen) atoms. The zero-order valence-corrected chi connectivity index (χ0v) is 43.1. The average molecular weight is 1060 g/mol. The Bertz CT molecular complexity index is 3670. The molecule has 6 aromatic heterocycles. The van der Waals surface area contributed by atoms with E-state index in [4.69, 9.17) is 42.4 Å². The summed E-state index contributed by atoms with van der Waals surface area (Å²) in [4.78, 5) is 64.8. The molecule has 2 saturated carbocycles. The maximum absolute atomic E-state index is 14.7. The molecule has 0 radical (unpaired) electrons. The van der Waals surface area contributed by atoms with Crippen LogP contribution in [0.1, 0.15) is 136 Å². The first kappa shape index (κ1) is 53.6. The van der Waals surface area contributed by atoms with Crippen LogP contribution in [0.4, 0.5) is 20.2 Å². The zero-order valence-electron chi connectivity index (χ0n) is 43.1. The third kappa shape index (κ3) is 12.6. The third-order valence-corrected chi connectivity index (χ3v) is 13.6. The van der Waals surface area contributed by atoms with E-state index in [0.717, 1.165) is 48.2 Å². The Morgan fingerprint density at radius 3 is 1.49 bits per heavy atom. The summed E-state index contributed by atoms with van der Waals surface area (Å²) in [6.45, 7) is 17.3. The SMILES string of the molecule is [C-]#[N+]c1ccc(OC)c(F)c1CCC(=O)c1cn(Cc2cn3cc(C4CC4)cc(CCC(=O)O)c3n2)nn1.[C-]#[N+]c1ccc(OC)c(F)c1CCC(=O)c1cn(Cc2cn3cc(C4CC4)cc(CCC(=O)OCC)c3n2)nn1. The van der Waals surface area contributed by atoms with E-state index in [0.29, 0.717) is 49.2 Å². The van der Waals surface area contributed by atoms with E-state index < -0.39 is 17.6 Å². The number of methoxy groups -OCH3 is 2. The van der Waals surface area contributed by atoms with Gasteiger partial charge in [-0.3, -0.25) is 19.2 Å². The van der Waals surface area contributed by atoms with Gasteiger partial charge in [0, 0.05) is 50.5 Å². The number of carbonyl (C=O) groups excluding carboxylic acids is 3. The van der Waals surface area contributed by atoms with Crippen LogP contribution >= 0.6 is 0 Å². The van der Waals surface area contributed by atoms with Crippen LogP contribution in [0.25, 0.3) is 21.0 Å². The number of fused-ring (bicyclic) bond motifs is 2. The molecule has 2 aromatic carbocycles. The van der Waals surface area contributed by atoms with Crippen molar-refractivity contribution in [3.05, 3.63) is 164 Å². The Morgan fingerprint density at radius 1 is 0.641 bits per heavy atom. The van der Waals surface area contributed by atoms with Crippen molar-refractivity contribution in [2.45, 2.75) is 109 Å². The summed E-state index contributed by atoms with van der Waals surface area (Å²) >= 11 is 0. The van der Waals surface area contributed by atoms with Crippen molar-refractivity contribution in [3.63, 3.8) is 0 Å². The van der Waals surface area contributed by atoms with Gasteiger partial charge in [-0.25, -0.2) is 37.8 Å². The number of aryl methyl sites for hydroxylation is 2. The number of benzene rings is 2. The number of ketones is 2. The number of halogens is 2. The Morgan fingerprint density at radius 2 is 1.09 bits per heavy atom. The number of nitrogens with zero attached hydrogens (tertiary/aromatic N) is 12. The minimum absolute atomic E-state index is 0.0219. The Hall–Kier alpha value is -9.18. The first-order valence-corrected chi connectivity index (χ1v) is 25.5. The standard InChI is InChI=1S/C29H29FN6O4.C27H25FN6O4/c1-4-40-27(38)12-7-19-13-20(18-5-6-18)14-35-15-21(32-29(19)35)16-36-17-24(33-34-36)25(37)10-8-22-23(31-2)9-11-26(39-3)28(22)30;1-29-21-7-9-24(38-2)26(28)20(21)6-8-23(35)22-15-34(32-31-22)14-19-13-33-12-18(16-3-4-16)11-17(27(33)30-19)5-10-25(36)37/h9,11,13-15,17-18H,4-8,10,12,16H2,1,3H3;7,9,11-13,15-16H,3-6,8,10,14H2,2H3,(H,36,37). The van der Waals surface area contributed by atoms with Gasteiger partial charge in [0.2, 0.25) is 0 Å². The van der Waals surface area contributed by atoms with Gasteiger partial charge < -0.3 is 28.1 Å². The van der Waals surface area contributed by atoms with Crippen molar-refractivity contribution in [2.24, 2.45) is 0 Å². The minimum atomic E-state index is -0.856. The van der Waals surface area contributed by atoms with Gasteiger partial charge in [-0.15, -0.1) is 10.2 Å². The number of aromatic nitrogens is 10. The van der Waals surface area contributed by atoms with Gasteiger partial charge in [0.05, 0.1) is 70.8 Å². The molecule has 8 aromatic rings. The number of carboxylic acid groups (broad SMARTS) is 1. The Kier molecular flexibility index (Phi) is 16.4. The number of imidazole rings is 2. The Labute approximate surface area is 446 Å². The molecule has 0 bridgehead atoms. The van der Waals surface area contributed by atoms with Crippen molar-refractivity contribution < 1.29 is 47.3 Å². The normalized spacial score (nSPS) is 12.9. The van der Waals surface area contributed by atoms with E-state index >= 15 is 0 Å². The molecular formula is C56H54F2N12O8. The van der Waals surface area contributed by atoms with Crippen LogP contribution < -0.4 is 9.47 Å². The molecule has 0 spiro atoms. The van der Waals surface area contributed by atoms with Crippen LogP contribution in [0.5, 0.6) is 11.5 Å². The topological polar surface area (TPSA) is 221 Å². The van der Waals surface area contributed by atoms with E-state index in [1.165, 1.54) is 65.2 Å². The average Bonchev–Trinajstić information content (AvgIpc) is 4.35. The smallest absolute Gasteiger partial charge is 0.306 e. The molecule has 2 aliphatic rings. The molecular weight excluding hydrogens is 1010 g/mol. The van der Waals surface area contributed by atoms with Gasteiger partial charge in [0.1, 0.15) is 22.7 Å². The first-order chi connectivity index (χ1) is 37.7. The summed E-state index contributed by atoms with van der Waals surface area (Å²) in [6.07, 6.45) is 16.8. The number of ether oxygens (including phenoxy) is 3. The number of Topliss-reactive ketones (excluding diaryl/α,β-unsaturated/α-hetero) is 2. The largest absolute Gasteiger partial charge is 0.494 e. The van der Waals surface area contributed by atoms with Crippen LogP contribution in [-0.4, -0.2) is 98.2 Å². The number of esters is 1. The quantitative estimate of drug-likeness (QED) is 0.0359. The van der Waals surface area contributed by atoms with Crippen LogP contribution in [-0.2, 0) is 53.1 Å². The highest BCUT2D eigenvalue weighted by molar-refractivity contribution is 5.94. The van der Waals surface area contributed by atoms with E-state index in [1.807, 2.05) is 27.4 Å². The molecule has 6 heterocycles. The van der Waals surface area contributed by atoms with Crippen molar-refractivity contribution in [2.75, 3.05) is 20.8 Å². The zero-order chi connectivity index (χ0) is 55.0. The highest BCUT2D eigenvalue weighted by atomic mass is 19.1. The second kappa shape index (κ2) is 23.8. The molecule has 0 unspecified atom stereocenters. The van der Waals surface area contributed by atoms with Crippen LogP contribution in [0.2, 0.25) is 0 Å². The molecule has 0 saturated heterocycles. The van der Waals surface area contributed by atoms with Gasteiger partial charge in [-0.1, -0.05) is 34.7 Å². The minimum Gasteiger partial charge on any atom is -0.494 e. The van der Waals surface area contributed by atoms with Gasteiger partial charge in [0.25, 0.3) is 0 Å². The monoisotopic (exact) mass is 1060 g/mol. The molecule has 1 N–H and O–H groups in total. The van der Waals surface area contributed by atoms with E-state index in [1.54, 1.807) is 13.1 Å². The van der Waals surface area contributed by atoms with Crippen molar-refractivity contribution in [1.29, 1.82) is 0 Å². The fourth-order valence-corrected chi connectivity index (χ4v) is 9.25. The number of carbonyl (C=O) groups is 4. The molecule has 2 fully saturated rings. The number of pyridine rings is 2. The predicted octanol–water partition coefficient (Wildman–Crippen LogP) is 9.24. The fraction of sp³-hybridized carbons (Fsp3) is 0.357. The van der Waals surface area contributed by atoms with Gasteiger partial charge in [-0.05, 0) is 116 Å². The number of hydrogen-bond donors (Lipinski definition) is 1. The molecule has 20 nitrogen and oxygen atoms in total. The number of hydrogen-bond acceptors (Lipinski definition) is 13. The van der Waals surface area contributed by atoms with Gasteiger partial charge in [0.15, 0.2) is 46.1 Å². The van der Waals surface area contributed by atoms with Crippen LogP contribution in [0.3, 0.4) is 0 Å². The van der Waals surface area contributed by atoms with Crippen LogP contribution in [0.15, 0.2) is 73.6 Å². The number of aliphatic carboxylic acids is 1. The lowest BCUT2D eigenvalue weighted by Crippen LogP contribution is -2.06. The summed E-state index contributed by atoms with van der Waals surface area (Å²) in [5.74, 6) is -1.90. The summed E-state index contributed by atoms with van der Waals surface area (Å²) in [6, 6.07) is 9.94. The van der Waals surface area contributed by atoms with E-state index in [2.05, 4.69) is 48.6 Å². The lowest BCUT2D eigenvalue weighted by Gasteiger charge is -2.09. The molecule has 0 atom stereocenters. The molecule has 2 aliphatic carbocycles. The second-order valence-electron chi connectivity index (χ2n) is 19.1. The molecule has 400 valence electrons. The van der Waals surface area contributed by atoms with Crippen LogP contribution in [0, 0.1) is 24.8 Å². The number of carboxylic acids is 1. The Balaban J connectivity index is 0.000000190. The summed E-state index contributed by atoms with van der Waals surface area (Å²) in [5.41, 5.74) is 8.06. The fourth-order valence-electron chi connectivity index (χ4n) is 9.25. The maximum atomic E-state index is 14.7. The summed E-state index contributed by atoms with van der Waals surface area (Å²) in [5, 5.41) is 25.3. The van der Waals surface area contributed by atoms with Gasteiger partial charge in [-0.2, -0.15) is 0 Å². The van der Waals surface area contributed by atoms with Crippen molar-refractivity contribution in [1.82, 2.24) is 48.8 Å². The number of rotatable bonds is 23. The lowest BCUT2D eigenvalue weighted by atomic mass is 10.0. The third-order valence-electron chi connectivity index (χ3n) is 13.6. The highest BCUT2D eigenvalue weighted by Gasteiger charge is 2.27. The molecule has 22 heteroatoms. The summed E-state index contributed by atoms with van der Waals surface area (Å²) in [7, 11) is 2.69. The predicted molar refractivity (Wildman–Crippen MR) is 277 cm³/mol. The van der Waals surface area contributed by atoms with Crippen molar-refractivity contribution in [3.8, 4) is 11.5 Å². The summed E-state index contributed by atoms with van der Waals surface area (Å²) < 4.78 is 51.4. The van der Waals surface area contributed by atoms with Gasteiger partial charge >= 0.3 is 11.9 Å². The molecule has 10 rings (SSSR count).